The lowest BCUT2D eigenvalue weighted by molar-refractivity contribution is -0.121. The Hall–Kier alpha value is -1.43. The molecular formula is C20H30N2O3. The average Bonchev–Trinajstić information content (AvgIpc) is 2.94. The van der Waals surface area contributed by atoms with E-state index in [4.69, 9.17) is 9.84 Å². The van der Waals surface area contributed by atoms with Crippen LogP contribution in [0.5, 0.6) is 0 Å². The van der Waals surface area contributed by atoms with Crippen LogP contribution < -0.4 is 5.32 Å². The summed E-state index contributed by atoms with van der Waals surface area (Å²) in [5.41, 5.74) is 3.73. The third kappa shape index (κ3) is 5.03. The number of amides is 1. The second-order valence-corrected chi connectivity index (χ2v) is 7.57. The molecule has 2 heterocycles. The van der Waals surface area contributed by atoms with Gasteiger partial charge in [0.25, 0.3) is 0 Å². The van der Waals surface area contributed by atoms with Crippen molar-refractivity contribution in [2.24, 2.45) is 0 Å². The van der Waals surface area contributed by atoms with E-state index in [0.717, 1.165) is 25.9 Å². The summed E-state index contributed by atoms with van der Waals surface area (Å²) in [7, 11) is 0. The SMILES string of the molecule is Cc1cc(C)cc(CCC(=O)N[C@H]2C[C@H]3CO[C@@H](CCO)CN3C2)c1. The van der Waals surface area contributed by atoms with Crippen molar-refractivity contribution in [3.8, 4) is 0 Å². The third-order valence-corrected chi connectivity index (χ3v) is 5.23. The van der Waals surface area contributed by atoms with Crippen LogP contribution in [-0.4, -0.2) is 60.4 Å². The Balaban J connectivity index is 1.44. The summed E-state index contributed by atoms with van der Waals surface area (Å²) in [5.74, 6) is 0.136. The summed E-state index contributed by atoms with van der Waals surface area (Å²) < 4.78 is 5.80. The van der Waals surface area contributed by atoms with E-state index in [9.17, 15) is 4.79 Å². The van der Waals surface area contributed by atoms with E-state index in [1.165, 1.54) is 16.7 Å². The second-order valence-electron chi connectivity index (χ2n) is 7.57. The molecule has 2 fully saturated rings. The van der Waals surface area contributed by atoms with Crippen molar-refractivity contribution >= 4 is 5.91 Å². The van der Waals surface area contributed by atoms with Crippen LogP contribution in [0.3, 0.4) is 0 Å². The standard InChI is InChI=1S/C20H30N2O3/c1-14-7-15(2)9-16(8-14)3-4-20(24)21-17-10-18-13-25-19(5-6-23)12-22(18)11-17/h7-9,17-19,23H,3-6,10-13H2,1-2H3,(H,21,24)/t17-,18-,19-/m0/s1. The minimum atomic E-state index is 0.125. The van der Waals surface area contributed by atoms with E-state index < -0.39 is 0 Å². The van der Waals surface area contributed by atoms with Gasteiger partial charge in [0.1, 0.15) is 0 Å². The molecule has 0 saturated carbocycles. The van der Waals surface area contributed by atoms with Gasteiger partial charge in [-0.1, -0.05) is 29.3 Å². The minimum Gasteiger partial charge on any atom is -0.396 e. The van der Waals surface area contributed by atoms with Crippen molar-refractivity contribution in [1.29, 1.82) is 0 Å². The zero-order chi connectivity index (χ0) is 17.8. The molecule has 0 aromatic heterocycles. The molecule has 0 aliphatic carbocycles. The van der Waals surface area contributed by atoms with Gasteiger partial charge in [-0.15, -0.1) is 0 Å². The number of aliphatic hydroxyl groups is 1. The van der Waals surface area contributed by atoms with Gasteiger partial charge in [0.05, 0.1) is 12.7 Å². The molecule has 138 valence electrons. The highest BCUT2D eigenvalue weighted by Crippen LogP contribution is 2.24. The van der Waals surface area contributed by atoms with Crippen molar-refractivity contribution in [2.75, 3.05) is 26.3 Å². The van der Waals surface area contributed by atoms with E-state index in [2.05, 4.69) is 42.3 Å². The van der Waals surface area contributed by atoms with Gasteiger partial charge >= 0.3 is 0 Å². The highest BCUT2D eigenvalue weighted by Gasteiger charge is 2.37. The summed E-state index contributed by atoms with van der Waals surface area (Å²) in [6, 6.07) is 7.10. The summed E-state index contributed by atoms with van der Waals surface area (Å²) in [4.78, 5) is 14.7. The number of carbonyl (C=O) groups excluding carboxylic acids is 1. The fourth-order valence-electron chi connectivity index (χ4n) is 4.14. The molecule has 5 nitrogen and oxygen atoms in total. The molecule has 3 rings (SSSR count). The number of hydrogen-bond donors (Lipinski definition) is 2. The van der Waals surface area contributed by atoms with Crippen molar-refractivity contribution < 1.29 is 14.6 Å². The number of rotatable bonds is 6. The third-order valence-electron chi connectivity index (χ3n) is 5.23. The largest absolute Gasteiger partial charge is 0.396 e. The molecule has 1 amide bonds. The predicted octanol–water partition coefficient (Wildman–Crippen LogP) is 1.58. The molecule has 0 spiro atoms. The molecule has 5 heteroatoms. The number of nitrogens with zero attached hydrogens (tertiary/aromatic N) is 1. The smallest absolute Gasteiger partial charge is 0.220 e. The first kappa shape index (κ1) is 18.4. The zero-order valence-corrected chi connectivity index (χ0v) is 15.3. The van der Waals surface area contributed by atoms with Crippen LogP contribution >= 0.6 is 0 Å². The Morgan fingerprint density at radius 1 is 1.28 bits per heavy atom. The molecule has 25 heavy (non-hydrogen) atoms. The Bertz CT molecular complexity index is 584. The molecule has 2 aliphatic rings. The number of hydrogen-bond acceptors (Lipinski definition) is 4. The first-order valence-corrected chi connectivity index (χ1v) is 9.36. The predicted molar refractivity (Wildman–Crippen MR) is 97.6 cm³/mol. The molecule has 3 atom stereocenters. The second kappa shape index (κ2) is 8.30. The number of aliphatic hydroxyl groups excluding tert-OH is 1. The van der Waals surface area contributed by atoms with Gasteiger partial charge in [-0.3, -0.25) is 9.69 Å². The Labute approximate surface area is 150 Å². The van der Waals surface area contributed by atoms with Crippen LogP contribution in [0.25, 0.3) is 0 Å². The van der Waals surface area contributed by atoms with E-state index in [-0.39, 0.29) is 24.7 Å². The fourth-order valence-corrected chi connectivity index (χ4v) is 4.14. The maximum absolute atomic E-state index is 12.3. The maximum atomic E-state index is 12.3. The fraction of sp³-hybridized carbons (Fsp3) is 0.650. The van der Waals surface area contributed by atoms with Crippen LogP contribution in [-0.2, 0) is 16.0 Å². The number of ether oxygens (including phenoxy) is 1. The maximum Gasteiger partial charge on any atom is 0.220 e. The molecule has 0 unspecified atom stereocenters. The van der Waals surface area contributed by atoms with Crippen LogP contribution in [0.4, 0.5) is 0 Å². The number of fused-ring (bicyclic) bond motifs is 1. The highest BCUT2D eigenvalue weighted by atomic mass is 16.5. The molecule has 2 aliphatic heterocycles. The van der Waals surface area contributed by atoms with Gasteiger partial charge in [-0.25, -0.2) is 0 Å². The van der Waals surface area contributed by atoms with Gasteiger partial charge in [-0.2, -0.15) is 0 Å². The molecular weight excluding hydrogens is 316 g/mol. The van der Waals surface area contributed by atoms with Crippen LogP contribution in [0, 0.1) is 13.8 Å². The first-order valence-electron chi connectivity index (χ1n) is 9.36. The lowest BCUT2D eigenvalue weighted by atomic mass is 10.0. The lowest BCUT2D eigenvalue weighted by Crippen LogP contribution is -2.46. The molecule has 1 aromatic carbocycles. The quantitative estimate of drug-likeness (QED) is 0.821. The number of nitrogens with one attached hydrogen (secondary N) is 1. The average molecular weight is 346 g/mol. The Morgan fingerprint density at radius 2 is 2.04 bits per heavy atom. The normalized spacial score (nSPS) is 26.4. The number of morpholine rings is 1. The monoisotopic (exact) mass is 346 g/mol. The van der Waals surface area contributed by atoms with Crippen molar-refractivity contribution in [3.05, 3.63) is 34.9 Å². The van der Waals surface area contributed by atoms with Crippen LogP contribution in [0.15, 0.2) is 18.2 Å². The van der Waals surface area contributed by atoms with Crippen molar-refractivity contribution in [2.45, 2.75) is 57.7 Å². The number of carbonyl (C=O) groups is 1. The van der Waals surface area contributed by atoms with E-state index in [1.807, 2.05) is 0 Å². The molecule has 2 N–H and O–H groups in total. The summed E-state index contributed by atoms with van der Waals surface area (Å²) in [6.45, 7) is 6.82. The van der Waals surface area contributed by atoms with Gasteiger partial charge < -0.3 is 15.2 Å². The first-order chi connectivity index (χ1) is 12.0. The molecule has 2 saturated heterocycles. The Kier molecular flexibility index (Phi) is 6.10. The van der Waals surface area contributed by atoms with Crippen LogP contribution in [0.2, 0.25) is 0 Å². The van der Waals surface area contributed by atoms with Gasteiger partial charge in [-0.05, 0) is 38.7 Å². The van der Waals surface area contributed by atoms with E-state index >= 15 is 0 Å². The zero-order valence-electron chi connectivity index (χ0n) is 15.3. The highest BCUT2D eigenvalue weighted by molar-refractivity contribution is 5.76. The van der Waals surface area contributed by atoms with Crippen molar-refractivity contribution in [1.82, 2.24) is 10.2 Å². The van der Waals surface area contributed by atoms with E-state index in [1.54, 1.807) is 0 Å². The van der Waals surface area contributed by atoms with Crippen molar-refractivity contribution in [3.63, 3.8) is 0 Å². The molecule has 1 aromatic rings. The number of aryl methyl sites for hydroxylation is 3. The van der Waals surface area contributed by atoms with E-state index in [0.29, 0.717) is 25.5 Å². The summed E-state index contributed by atoms with van der Waals surface area (Å²) in [5, 5.41) is 12.3. The lowest BCUT2D eigenvalue weighted by Gasteiger charge is -2.34. The minimum absolute atomic E-state index is 0.125. The number of benzene rings is 1. The van der Waals surface area contributed by atoms with Gasteiger partial charge in [0.2, 0.25) is 5.91 Å². The summed E-state index contributed by atoms with van der Waals surface area (Å²) >= 11 is 0. The summed E-state index contributed by atoms with van der Waals surface area (Å²) in [6.07, 6.45) is 3.10. The van der Waals surface area contributed by atoms with Gasteiger partial charge in [0.15, 0.2) is 0 Å². The molecule has 0 bridgehead atoms. The topological polar surface area (TPSA) is 61.8 Å². The van der Waals surface area contributed by atoms with Crippen LogP contribution in [0.1, 0.15) is 36.0 Å². The van der Waals surface area contributed by atoms with Gasteiger partial charge in [0, 0.05) is 38.2 Å². The molecule has 0 radical (unpaired) electrons. The Morgan fingerprint density at radius 3 is 2.76 bits per heavy atom.